The van der Waals surface area contributed by atoms with Crippen LogP contribution in [0.5, 0.6) is 0 Å². The van der Waals surface area contributed by atoms with Gasteiger partial charge in [0.05, 0.1) is 17.6 Å². The molecule has 134 valence electrons. The highest BCUT2D eigenvalue weighted by Crippen LogP contribution is 2.18. The maximum atomic E-state index is 12.4. The number of carbonyl (C=O) groups is 1. The van der Waals surface area contributed by atoms with Crippen LogP contribution in [0.25, 0.3) is 11.0 Å². The zero-order valence-electron chi connectivity index (χ0n) is 14.7. The minimum atomic E-state index is 0.121. The van der Waals surface area contributed by atoms with E-state index in [1.165, 1.54) is 19.3 Å². The Kier molecular flexibility index (Phi) is 4.88. The van der Waals surface area contributed by atoms with E-state index in [-0.39, 0.29) is 6.03 Å². The van der Waals surface area contributed by atoms with Gasteiger partial charge in [-0.3, -0.25) is 4.90 Å². The van der Waals surface area contributed by atoms with Crippen LogP contribution >= 0.6 is 0 Å². The van der Waals surface area contributed by atoms with Gasteiger partial charge in [0.25, 0.3) is 0 Å². The fourth-order valence-corrected chi connectivity index (χ4v) is 3.91. The Labute approximate surface area is 148 Å². The molecular formula is C19H27N5O. The van der Waals surface area contributed by atoms with Gasteiger partial charge in [-0.1, -0.05) is 31.4 Å². The predicted molar refractivity (Wildman–Crippen MR) is 98.3 cm³/mol. The Morgan fingerprint density at radius 1 is 1.12 bits per heavy atom. The average Bonchev–Trinajstić information content (AvgIpc) is 3.05. The summed E-state index contributed by atoms with van der Waals surface area (Å²) < 4.78 is 0. The SMILES string of the molecule is O=C(NC1CCCCC1)N1CCN(Cc2nc3ccccc3[nH]2)CC1. The second-order valence-electron chi connectivity index (χ2n) is 7.25. The predicted octanol–water partition coefficient (Wildman–Crippen LogP) is 2.72. The summed E-state index contributed by atoms with van der Waals surface area (Å²) in [5.41, 5.74) is 2.10. The number of urea groups is 1. The molecule has 2 fully saturated rings. The highest BCUT2D eigenvalue weighted by atomic mass is 16.2. The summed E-state index contributed by atoms with van der Waals surface area (Å²) in [6, 6.07) is 8.62. The molecule has 0 atom stereocenters. The Balaban J connectivity index is 1.26. The van der Waals surface area contributed by atoms with Gasteiger partial charge in [-0.15, -0.1) is 0 Å². The van der Waals surface area contributed by atoms with Crippen molar-refractivity contribution in [3.63, 3.8) is 0 Å². The summed E-state index contributed by atoms with van der Waals surface area (Å²) in [5, 5.41) is 3.22. The van der Waals surface area contributed by atoms with E-state index in [9.17, 15) is 4.79 Å². The van der Waals surface area contributed by atoms with Crippen molar-refractivity contribution in [3.8, 4) is 0 Å². The minimum Gasteiger partial charge on any atom is -0.341 e. The largest absolute Gasteiger partial charge is 0.341 e. The number of rotatable bonds is 3. The van der Waals surface area contributed by atoms with Crippen LogP contribution in [0.3, 0.4) is 0 Å². The lowest BCUT2D eigenvalue weighted by atomic mass is 9.96. The lowest BCUT2D eigenvalue weighted by Gasteiger charge is -2.35. The zero-order valence-corrected chi connectivity index (χ0v) is 14.7. The maximum Gasteiger partial charge on any atom is 0.317 e. The topological polar surface area (TPSA) is 64.3 Å². The van der Waals surface area contributed by atoms with Crippen LogP contribution in [-0.4, -0.2) is 58.0 Å². The molecule has 6 heteroatoms. The van der Waals surface area contributed by atoms with Crippen molar-refractivity contribution in [2.75, 3.05) is 26.2 Å². The molecule has 1 aliphatic heterocycles. The van der Waals surface area contributed by atoms with Gasteiger partial charge in [0, 0.05) is 32.2 Å². The molecule has 1 aromatic carbocycles. The van der Waals surface area contributed by atoms with Gasteiger partial charge in [-0.25, -0.2) is 9.78 Å². The van der Waals surface area contributed by atoms with Gasteiger partial charge in [-0.2, -0.15) is 0 Å². The Morgan fingerprint density at radius 2 is 1.88 bits per heavy atom. The third-order valence-corrected chi connectivity index (χ3v) is 5.40. The summed E-state index contributed by atoms with van der Waals surface area (Å²) in [7, 11) is 0. The number of nitrogens with one attached hydrogen (secondary N) is 2. The van der Waals surface area contributed by atoms with Crippen molar-refractivity contribution in [1.82, 2.24) is 25.1 Å². The average molecular weight is 341 g/mol. The lowest BCUT2D eigenvalue weighted by Crippen LogP contribution is -2.53. The van der Waals surface area contributed by atoms with Crippen molar-refractivity contribution in [2.45, 2.75) is 44.7 Å². The lowest BCUT2D eigenvalue weighted by molar-refractivity contribution is 0.130. The molecule has 25 heavy (non-hydrogen) atoms. The first-order chi connectivity index (χ1) is 12.3. The van der Waals surface area contributed by atoms with Crippen LogP contribution in [0, 0.1) is 0 Å². The van der Waals surface area contributed by atoms with Crippen LogP contribution < -0.4 is 5.32 Å². The number of carbonyl (C=O) groups excluding carboxylic acids is 1. The van der Waals surface area contributed by atoms with Gasteiger partial charge >= 0.3 is 6.03 Å². The van der Waals surface area contributed by atoms with Crippen LogP contribution in [0.4, 0.5) is 4.79 Å². The standard InChI is InChI=1S/C19H27N5O/c25-19(20-15-6-2-1-3-7-15)24-12-10-23(11-13-24)14-18-21-16-8-4-5-9-17(16)22-18/h4-5,8-9,15H,1-3,6-7,10-14H2,(H,20,25)(H,21,22). The summed E-state index contributed by atoms with van der Waals surface area (Å²) >= 11 is 0. The molecule has 0 radical (unpaired) electrons. The molecule has 4 rings (SSSR count). The smallest absolute Gasteiger partial charge is 0.317 e. The number of aromatic amines is 1. The van der Waals surface area contributed by atoms with Crippen LogP contribution in [-0.2, 0) is 6.54 Å². The molecule has 2 aromatic rings. The maximum absolute atomic E-state index is 12.4. The third-order valence-electron chi connectivity index (χ3n) is 5.40. The fraction of sp³-hybridized carbons (Fsp3) is 0.579. The van der Waals surface area contributed by atoms with Gasteiger partial charge in [0.15, 0.2) is 0 Å². The molecule has 2 amide bonds. The van der Waals surface area contributed by atoms with Crippen molar-refractivity contribution in [2.24, 2.45) is 0 Å². The van der Waals surface area contributed by atoms with Crippen LogP contribution in [0.1, 0.15) is 37.9 Å². The van der Waals surface area contributed by atoms with E-state index in [1.807, 2.05) is 23.1 Å². The number of H-pyrrole nitrogens is 1. The van der Waals surface area contributed by atoms with E-state index in [0.717, 1.165) is 62.4 Å². The number of fused-ring (bicyclic) bond motifs is 1. The highest BCUT2D eigenvalue weighted by Gasteiger charge is 2.24. The fourth-order valence-electron chi connectivity index (χ4n) is 3.91. The summed E-state index contributed by atoms with van der Waals surface area (Å²) in [6.45, 7) is 4.19. The number of piperazine rings is 1. The van der Waals surface area contributed by atoms with E-state index in [4.69, 9.17) is 0 Å². The Hall–Kier alpha value is -2.08. The highest BCUT2D eigenvalue weighted by molar-refractivity contribution is 5.75. The first kappa shape index (κ1) is 16.4. The molecule has 6 nitrogen and oxygen atoms in total. The molecule has 2 heterocycles. The van der Waals surface area contributed by atoms with E-state index in [1.54, 1.807) is 0 Å². The van der Waals surface area contributed by atoms with Gasteiger partial charge < -0.3 is 15.2 Å². The Bertz CT molecular complexity index is 680. The number of hydrogen-bond donors (Lipinski definition) is 2. The van der Waals surface area contributed by atoms with Gasteiger partial charge in [-0.05, 0) is 25.0 Å². The number of amides is 2. The van der Waals surface area contributed by atoms with Crippen LogP contribution in [0.15, 0.2) is 24.3 Å². The first-order valence-electron chi connectivity index (χ1n) is 9.49. The minimum absolute atomic E-state index is 0.121. The molecular weight excluding hydrogens is 314 g/mol. The summed E-state index contributed by atoms with van der Waals surface area (Å²) in [5.74, 6) is 1.00. The molecule has 0 unspecified atom stereocenters. The van der Waals surface area contributed by atoms with E-state index in [2.05, 4.69) is 26.3 Å². The van der Waals surface area contributed by atoms with Crippen molar-refractivity contribution in [1.29, 1.82) is 0 Å². The number of imidazole rings is 1. The monoisotopic (exact) mass is 341 g/mol. The van der Waals surface area contributed by atoms with Crippen molar-refractivity contribution in [3.05, 3.63) is 30.1 Å². The van der Waals surface area contributed by atoms with E-state index in [0.29, 0.717) is 6.04 Å². The number of benzene rings is 1. The van der Waals surface area contributed by atoms with Gasteiger partial charge in [0.1, 0.15) is 5.82 Å². The second kappa shape index (κ2) is 7.44. The van der Waals surface area contributed by atoms with E-state index < -0.39 is 0 Å². The molecule has 2 N–H and O–H groups in total. The molecule has 2 aliphatic rings. The molecule has 1 saturated heterocycles. The second-order valence-corrected chi connectivity index (χ2v) is 7.25. The first-order valence-corrected chi connectivity index (χ1v) is 9.49. The molecule has 1 saturated carbocycles. The van der Waals surface area contributed by atoms with Gasteiger partial charge in [0.2, 0.25) is 0 Å². The number of nitrogens with zero attached hydrogens (tertiary/aromatic N) is 3. The number of hydrogen-bond acceptors (Lipinski definition) is 3. The molecule has 1 aromatic heterocycles. The third kappa shape index (κ3) is 3.95. The van der Waals surface area contributed by atoms with Crippen molar-refractivity contribution >= 4 is 17.1 Å². The number of para-hydroxylation sites is 2. The molecule has 0 bridgehead atoms. The summed E-state index contributed by atoms with van der Waals surface area (Å²) in [4.78, 5) is 24.8. The van der Waals surface area contributed by atoms with Crippen molar-refractivity contribution < 1.29 is 4.79 Å². The normalized spacial score (nSPS) is 20.1. The zero-order chi connectivity index (χ0) is 17.1. The van der Waals surface area contributed by atoms with E-state index >= 15 is 0 Å². The quantitative estimate of drug-likeness (QED) is 0.902. The molecule has 0 spiro atoms. The molecule has 1 aliphatic carbocycles. The Morgan fingerprint density at radius 3 is 2.64 bits per heavy atom. The number of aromatic nitrogens is 2. The van der Waals surface area contributed by atoms with Crippen LogP contribution in [0.2, 0.25) is 0 Å². The summed E-state index contributed by atoms with van der Waals surface area (Å²) in [6.07, 6.45) is 6.08.